The smallest absolute Gasteiger partial charge is 0.307 e. The second-order valence-electron chi connectivity index (χ2n) is 11.8. The average molecular weight is 635 g/mol. The molecular formula is C33H35BN8O3S. The lowest BCUT2D eigenvalue weighted by Gasteiger charge is -2.38. The van der Waals surface area contributed by atoms with Gasteiger partial charge in [0.15, 0.2) is 0 Å². The van der Waals surface area contributed by atoms with Crippen LogP contribution in [0.1, 0.15) is 33.7 Å². The fourth-order valence-corrected chi connectivity index (χ4v) is 7.44. The van der Waals surface area contributed by atoms with E-state index in [1.807, 2.05) is 42.2 Å². The van der Waals surface area contributed by atoms with Crippen LogP contribution in [0.4, 0.5) is 17.3 Å². The van der Waals surface area contributed by atoms with Crippen LogP contribution in [0.25, 0.3) is 0 Å². The summed E-state index contributed by atoms with van der Waals surface area (Å²) in [6, 6.07) is 17.6. The summed E-state index contributed by atoms with van der Waals surface area (Å²) < 4.78 is 7.25. The number of nitriles is 2. The molecule has 0 radical (unpaired) electrons. The minimum atomic E-state index is -0.304. The van der Waals surface area contributed by atoms with E-state index in [2.05, 4.69) is 48.2 Å². The van der Waals surface area contributed by atoms with Gasteiger partial charge in [0.1, 0.15) is 11.8 Å². The summed E-state index contributed by atoms with van der Waals surface area (Å²) in [5.74, 6) is 2.61. The van der Waals surface area contributed by atoms with Gasteiger partial charge in [-0.1, -0.05) is 6.07 Å². The van der Waals surface area contributed by atoms with Crippen LogP contribution in [0.2, 0.25) is 12.6 Å². The third-order valence-electron chi connectivity index (χ3n) is 8.86. The number of rotatable bonds is 7. The van der Waals surface area contributed by atoms with Gasteiger partial charge in [-0.2, -0.15) is 5.26 Å². The van der Waals surface area contributed by atoms with Crippen molar-refractivity contribution in [3.05, 3.63) is 71.0 Å². The van der Waals surface area contributed by atoms with Gasteiger partial charge in [0.05, 0.1) is 13.5 Å². The van der Waals surface area contributed by atoms with Gasteiger partial charge in [-0.25, -0.2) is 19.5 Å². The van der Waals surface area contributed by atoms with Gasteiger partial charge >= 0.3 is 5.97 Å². The van der Waals surface area contributed by atoms with E-state index >= 15 is 0 Å². The van der Waals surface area contributed by atoms with Crippen molar-refractivity contribution < 1.29 is 14.3 Å². The molecule has 46 heavy (non-hydrogen) atoms. The molecule has 1 amide bonds. The second kappa shape index (κ2) is 13.8. The SMILES string of the molecule is COC(=O)CC1CB(C#N)CCN1c1cccc(C(=O)N2CCc3cc(SN4CCN(c5nc(C)cc(C#N)n5)CC4)ccc32)c1. The van der Waals surface area contributed by atoms with Crippen molar-refractivity contribution in [3.63, 3.8) is 0 Å². The number of benzene rings is 2. The molecule has 0 saturated carbocycles. The first-order valence-electron chi connectivity index (χ1n) is 15.6. The van der Waals surface area contributed by atoms with E-state index in [4.69, 9.17) is 4.74 Å². The van der Waals surface area contributed by atoms with E-state index < -0.39 is 0 Å². The lowest BCUT2D eigenvalue weighted by Crippen LogP contribution is -2.46. The zero-order chi connectivity index (χ0) is 32.2. The molecule has 1 aromatic heterocycles. The summed E-state index contributed by atoms with van der Waals surface area (Å²) >= 11 is 1.72. The summed E-state index contributed by atoms with van der Waals surface area (Å²) in [6.45, 7) is 6.24. The Balaban J connectivity index is 1.10. The van der Waals surface area contributed by atoms with Crippen LogP contribution in [0.5, 0.6) is 0 Å². The number of hydrogen-bond acceptors (Lipinski definition) is 11. The van der Waals surface area contributed by atoms with Crippen molar-refractivity contribution in [1.82, 2.24) is 14.3 Å². The number of methoxy groups -OCH3 is 1. The summed E-state index contributed by atoms with van der Waals surface area (Å²) in [7, 11) is 1.38. The van der Waals surface area contributed by atoms with Crippen molar-refractivity contribution in [2.75, 3.05) is 61.1 Å². The normalized spacial score (nSPS) is 18.1. The lowest BCUT2D eigenvalue weighted by molar-refractivity contribution is -0.140. The molecular weight excluding hydrogens is 599 g/mol. The Kier molecular flexibility index (Phi) is 9.43. The Morgan fingerprint density at radius 3 is 2.63 bits per heavy atom. The van der Waals surface area contributed by atoms with E-state index in [-0.39, 0.29) is 31.1 Å². The van der Waals surface area contributed by atoms with Gasteiger partial charge in [0, 0.05) is 78.8 Å². The van der Waals surface area contributed by atoms with E-state index in [0.717, 1.165) is 60.1 Å². The molecule has 1 atom stereocenters. The molecule has 2 aromatic carbocycles. The van der Waals surface area contributed by atoms with Crippen LogP contribution < -0.4 is 14.7 Å². The number of esters is 1. The standard InChI is InChI=1S/C33H35BN8O3S/c1-23-16-26(21-35)38-33(37-23)39-12-14-40(15-13-39)46-29-6-7-30-24(18-29)8-10-42(30)32(44)25-4-3-5-27(17-25)41-11-9-34(22-36)20-28(41)19-31(43)45-2/h3-7,16-18,28H,8-15,19-20H2,1-2H3. The number of fused-ring (bicyclic) bond motifs is 1. The van der Waals surface area contributed by atoms with Crippen molar-refractivity contribution in [2.24, 2.45) is 0 Å². The predicted molar refractivity (Wildman–Crippen MR) is 178 cm³/mol. The number of piperazine rings is 1. The second-order valence-corrected chi connectivity index (χ2v) is 13.0. The van der Waals surface area contributed by atoms with Crippen molar-refractivity contribution in [1.29, 1.82) is 10.5 Å². The molecule has 11 nitrogen and oxygen atoms in total. The van der Waals surface area contributed by atoms with Crippen molar-refractivity contribution in [3.8, 4) is 12.0 Å². The molecule has 3 aromatic rings. The topological polar surface area (TPSA) is 130 Å². The van der Waals surface area contributed by atoms with Crippen LogP contribution in [-0.2, 0) is 16.0 Å². The van der Waals surface area contributed by atoms with Gasteiger partial charge < -0.3 is 19.4 Å². The average Bonchev–Trinajstić information content (AvgIpc) is 3.51. The highest BCUT2D eigenvalue weighted by molar-refractivity contribution is 7.97. The molecule has 0 N–H and O–H groups in total. The zero-order valence-corrected chi connectivity index (χ0v) is 26.9. The first kappa shape index (κ1) is 31.4. The number of aryl methyl sites for hydroxylation is 1. The molecule has 2 fully saturated rings. The van der Waals surface area contributed by atoms with Crippen molar-refractivity contribution >= 4 is 47.9 Å². The highest BCUT2D eigenvalue weighted by Crippen LogP contribution is 2.35. The fourth-order valence-electron chi connectivity index (χ4n) is 6.48. The van der Waals surface area contributed by atoms with E-state index in [9.17, 15) is 20.1 Å². The van der Waals surface area contributed by atoms with Crippen LogP contribution in [0.15, 0.2) is 53.4 Å². The molecule has 0 aliphatic carbocycles. The number of carbonyl (C=O) groups is 2. The summed E-state index contributed by atoms with van der Waals surface area (Å²) in [6.07, 6.45) is 2.29. The van der Waals surface area contributed by atoms with E-state index in [0.29, 0.717) is 42.9 Å². The van der Waals surface area contributed by atoms with Crippen LogP contribution in [0, 0.1) is 29.5 Å². The molecule has 2 saturated heterocycles. The van der Waals surface area contributed by atoms with Gasteiger partial charge in [-0.15, -0.1) is 0 Å². The summed E-state index contributed by atoms with van der Waals surface area (Å²) in [5, 5.41) is 18.8. The van der Waals surface area contributed by atoms with Crippen LogP contribution in [0.3, 0.4) is 0 Å². The summed E-state index contributed by atoms with van der Waals surface area (Å²) in [4.78, 5) is 42.1. The number of anilines is 3. The Morgan fingerprint density at radius 2 is 1.87 bits per heavy atom. The Bertz CT molecular complexity index is 1720. The predicted octanol–water partition coefficient (Wildman–Crippen LogP) is 4.00. The third kappa shape index (κ3) is 6.81. The highest BCUT2D eigenvalue weighted by atomic mass is 32.2. The quantitative estimate of drug-likeness (QED) is 0.212. The minimum Gasteiger partial charge on any atom is -0.469 e. The first-order valence-corrected chi connectivity index (χ1v) is 16.3. The number of hydrogen-bond donors (Lipinski definition) is 0. The summed E-state index contributed by atoms with van der Waals surface area (Å²) in [5.41, 5.74) is 4.74. The largest absolute Gasteiger partial charge is 0.469 e. The molecule has 0 spiro atoms. The molecule has 13 heteroatoms. The number of ether oxygens (including phenoxy) is 1. The van der Waals surface area contributed by atoms with Crippen LogP contribution >= 0.6 is 11.9 Å². The Hall–Kier alpha value is -4.59. The maximum Gasteiger partial charge on any atom is 0.307 e. The van der Waals surface area contributed by atoms with Gasteiger partial charge in [-0.05, 0) is 86.0 Å². The van der Waals surface area contributed by atoms with Gasteiger partial charge in [-0.3, -0.25) is 9.59 Å². The van der Waals surface area contributed by atoms with E-state index in [1.54, 1.807) is 18.0 Å². The molecule has 3 aliphatic heterocycles. The maximum absolute atomic E-state index is 13.8. The monoisotopic (exact) mass is 634 g/mol. The van der Waals surface area contributed by atoms with E-state index in [1.165, 1.54) is 7.11 Å². The Labute approximate surface area is 274 Å². The molecule has 6 rings (SSSR count). The van der Waals surface area contributed by atoms with Gasteiger partial charge in [0.25, 0.3) is 12.6 Å². The minimum absolute atomic E-state index is 0.0496. The highest BCUT2D eigenvalue weighted by Gasteiger charge is 2.34. The fraction of sp³-hybridized carbons (Fsp3) is 0.394. The zero-order valence-electron chi connectivity index (χ0n) is 26.1. The maximum atomic E-state index is 13.8. The Morgan fingerprint density at radius 1 is 1.04 bits per heavy atom. The lowest BCUT2D eigenvalue weighted by atomic mass is 9.43. The molecule has 3 aliphatic rings. The number of nitrogens with zero attached hydrogens (tertiary/aromatic N) is 8. The third-order valence-corrected chi connectivity index (χ3v) is 9.95. The number of carbonyl (C=O) groups excluding carboxylic acids is 2. The molecule has 0 bridgehead atoms. The van der Waals surface area contributed by atoms with Gasteiger partial charge in [0.2, 0.25) is 5.95 Å². The molecule has 1 unspecified atom stereocenters. The van der Waals surface area contributed by atoms with Crippen LogP contribution in [-0.4, -0.2) is 85.3 Å². The first-order chi connectivity index (χ1) is 22.3. The van der Waals surface area contributed by atoms with Crippen molar-refractivity contribution in [2.45, 2.75) is 43.3 Å². The number of amides is 1. The molecule has 4 heterocycles. The molecule has 234 valence electrons. The number of aromatic nitrogens is 2.